The van der Waals surface area contributed by atoms with Gasteiger partial charge in [0.05, 0.1) is 31.2 Å². The third-order valence-corrected chi connectivity index (χ3v) is 3.47. The van der Waals surface area contributed by atoms with Crippen LogP contribution in [0.3, 0.4) is 0 Å². The van der Waals surface area contributed by atoms with E-state index < -0.39 is 17.5 Å². The molecule has 0 aromatic heterocycles. The monoisotopic (exact) mass is 271 g/mol. The standard InChI is InChI=1S/C13H21NO5/c1-13(2,3)19-12(17)14-9-4-8(11(15)16)5-10(14)7-18-6-9/h8-10H,4-7H2,1-3H3,(H,15,16)/t9-,10-/m1/s1. The highest BCUT2D eigenvalue weighted by Gasteiger charge is 2.45. The zero-order chi connectivity index (χ0) is 14.2. The van der Waals surface area contributed by atoms with Crippen molar-refractivity contribution in [3.63, 3.8) is 0 Å². The van der Waals surface area contributed by atoms with Crippen LogP contribution in [-0.2, 0) is 14.3 Å². The van der Waals surface area contributed by atoms with Crippen molar-refractivity contribution in [2.45, 2.75) is 51.3 Å². The van der Waals surface area contributed by atoms with Gasteiger partial charge in [0, 0.05) is 0 Å². The minimum Gasteiger partial charge on any atom is -0.481 e. The number of nitrogens with zero attached hydrogens (tertiary/aromatic N) is 1. The number of carbonyl (C=O) groups excluding carboxylic acids is 1. The Balaban J connectivity index is 2.10. The Morgan fingerprint density at radius 2 is 1.74 bits per heavy atom. The Morgan fingerprint density at radius 1 is 1.21 bits per heavy atom. The first-order valence-electron chi connectivity index (χ1n) is 6.60. The molecule has 0 aromatic carbocycles. The van der Waals surface area contributed by atoms with Crippen molar-refractivity contribution in [3.8, 4) is 0 Å². The average Bonchev–Trinajstić information content (AvgIpc) is 2.24. The number of morpholine rings is 1. The van der Waals surface area contributed by atoms with Crippen molar-refractivity contribution in [2.75, 3.05) is 13.2 Å². The van der Waals surface area contributed by atoms with Crippen LogP contribution in [0.2, 0.25) is 0 Å². The SMILES string of the molecule is CC(C)(C)OC(=O)N1[C@H]2COC[C@H]1CC(C(=O)O)C2. The molecular weight excluding hydrogens is 250 g/mol. The molecule has 6 heteroatoms. The van der Waals surface area contributed by atoms with E-state index in [0.29, 0.717) is 26.1 Å². The number of hydrogen-bond donors (Lipinski definition) is 1. The van der Waals surface area contributed by atoms with Crippen molar-refractivity contribution in [2.24, 2.45) is 5.92 Å². The summed E-state index contributed by atoms with van der Waals surface area (Å²) in [7, 11) is 0. The maximum Gasteiger partial charge on any atom is 0.410 e. The quantitative estimate of drug-likeness (QED) is 0.782. The van der Waals surface area contributed by atoms with Gasteiger partial charge < -0.3 is 14.6 Å². The summed E-state index contributed by atoms with van der Waals surface area (Å²) >= 11 is 0. The van der Waals surface area contributed by atoms with Crippen LogP contribution in [0.5, 0.6) is 0 Å². The second kappa shape index (κ2) is 5.00. The molecule has 2 rings (SSSR count). The Kier molecular flexibility index (Phi) is 3.71. The number of carboxylic acids is 1. The molecule has 0 unspecified atom stereocenters. The number of piperidine rings is 1. The number of carbonyl (C=O) groups is 2. The molecule has 1 N–H and O–H groups in total. The third kappa shape index (κ3) is 3.18. The average molecular weight is 271 g/mol. The van der Waals surface area contributed by atoms with Gasteiger partial charge in [-0.15, -0.1) is 0 Å². The summed E-state index contributed by atoms with van der Waals surface area (Å²) in [5.41, 5.74) is -0.546. The first kappa shape index (κ1) is 14.1. The number of amides is 1. The number of fused-ring (bicyclic) bond motifs is 2. The fourth-order valence-corrected chi connectivity index (χ4v) is 2.73. The fourth-order valence-electron chi connectivity index (χ4n) is 2.73. The third-order valence-electron chi connectivity index (χ3n) is 3.47. The zero-order valence-electron chi connectivity index (χ0n) is 11.6. The van der Waals surface area contributed by atoms with Crippen molar-refractivity contribution in [1.29, 1.82) is 0 Å². The zero-order valence-corrected chi connectivity index (χ0v) is 11.6. The summed E-state index contributed by atoms with van der Waals surface area (Å²) in [6.45, 7) is 6.24. The van der Waals surface area contributed by atoms with E-state index in [1.165, 1.54) is 0 Å². The molecule has 0 spiro atoms. The molecular formula is C13H21NO5. The second-order valence-corrected chi connectivity index (χ2v) is 6.24. The van der Waals surface area contributed by atoms with E-state index in [0.717, 1.165) is 0 Å². The molecule has 0 aliphatic carbocycles. The van der Waals surface area contributed by atoms with Gasteiger partial charge in [0.25, 0.3) is 0 Å². The van der Waals surface area contributed by atoms with Crippen LogP contribution in [-0.4, -0.2) is 53.0 Å². The van der Waals surface area contributed by atoms with Crippen molar-refractivity contribution >= 4 is 12.1 Å². The van der Waals surface area contributed by atoms with Gasteiger partial charge in [-0.1, -0.05) is 0 Å². The van der Waals surface area contributed by atoms with Crippen LogP contribution in [0.1, 0.15) is 33.6 Å². The normalized spacial score (nSPS) is 30.9. The number of rotatable bonds is 1. The number of ether oxygens (including phenoxy) is 2. The van der Waals surface area contributed by atoms with E-state index >= 15 is 0 Å². The number of hydrogen-bond acceptors (Lipinski definition) is 4. The molecule has 2 fully saturated rings. The van der Waals surface area contributed by atoms with Crippen LogP contribution < -0.4 is 0 Å². The minimum absolute atomic E-state index is 0.191. The van der Waals surface area contributed by atoms with Crippen LogP contribution in [0.25, 0.3) is 0 Å². The largest absolute Gasteiger partial charge is 0.481 e. The van der Waals surface area contributed by atoms with E-state index in [-0.39, 0.29) is 18.2 Å². The van der Waals surface area contributed by atoms with Gasteiger partial charge in [0.1, 0.15) is 5.60 Å². The van der Waals surface area contributed by atoms with Gasteiger partial charge in [0.15, 0.2) is 0 Å². The van der Waals surface area contributed by atoms with E-state index in [1.54, 1.807) is 4.90 Å². The minimum atomic E-state index is -0.791. The van der Waals surface area contributed by atoms with Crippen molar-refractivity contribution in [1.82, 2.24) is 4.90 Å². The number of aliphatic carboxylic acids is 1. The molecule has 108 valence electrons. The molecule has 0 radical (unpaired) electrons. The second-order valence-electron chi connectivity index (χ2n) is 6.24. The fraction of sp³-hybridized carbons (Fsp3) is 0.846. The lowest BCUT2D eigenvalue weighted by Crippen LogP contribution is -2.60. The van der Waals surface area contributed by atoms with Gasteiger partial charge in [0.2, 0.25) is 0 Å². The van der Waals surface area contributed by atoms with E-state index in [9.17, 15) is 9.59 Å². The molecule has 19 heavy (non-hydrogen) atoms. The molecule has 2 aliphatic heterocycles. The summed E-state index contributed by atoms with van der Waals surface area (Å²) in [4.78, 5) is 25.0. The molecule has 1 amide bonds. The molecule has 0 saturated carbocycles. The number of carboxylic acid groups (broad SMARTS) is 1. The van der Waals surface area contributed by atoms with Crippen LogP contribution in [0.4, 0.5) is 4.79 Å². The Hall–Kier alpha value is -1.30. The van der Waals surface area contributed by atoms with Crippen LogP contribution >= 0.6 is 0 Å². The van der Waals surface area contributed by atoms with Crippen molar-refractivity contribution < 1.29 is 24.2 Å². The molecule has 2 saturated heterocycles. The van der Waals surface area contributed by atoms with E-state index in [2.05, 4.69) is 0 Å². The molecule has 0 aromatic rings. The first-order chi connectivity index (χ1) is 8.78. The summed E-state index contributed by atoms with van der Waals surface area (Å²) in [5.74, 6) is -1.18. The predicted octanol–water partition coefficient (Wildman–Crippen LogP) is 1.49. The lowest BCUT2D eigenvalue weighted by atomic mass is 9.85. The topological polar surface area (TPSA) is 76.1 Å². The highest BCUT2D eigenvalue weighted by Crippen LogP contribution is 2.32. The first-order valence-corrected chi connectivity index (χ1v) is 6.60. The summed E-state index contributed by atoms with van der Waals surface area (Å²) in [6, 6.07) is -0.383. The smallest absolute Gasteiger partial charge is 0.410 e. The highest BCUT2D eigenvalue weighted by molar-refractivity contribution is 5.73. The molecule has 2 atom stereocenters. The summed E-state index contributed by atoms with van der Waals surface area (Å²) in [5, 5.41) is 9.13. The molecule has 2 heterocycles. The Bertz CT molecular complexity index is 362. The molecule has 2 aliphatic rings. The summed E-state index contributed by atoms with van der Waals surface area (Å²) < 4.78 is 10.8. The highest BCUT2D eigenvalue weighted by atomic mass is 16.6. The van der Waals surface area contributed by atoms with Crippen LogP contribution in [0.15, 0.2) is 0 Å². The van der Waals surface area contributed by atoms with E-state index in [1.807, 2.05) is 20.8 Å². The maximum atomic E-state index is 12.2. The summed E-state index contributed by atoms with van der Waals surface area (Å²) in [6.07, 6.45) is 0.505. The molecule has 2 bridgehead atoms. The van der Waals surface area contributed by atoms with Gasteiger partial charge in [-0.2, -0.15) is 0 Å². The Morgan fingerprint density at radius 3 is 2.16 bits per heavy atom. The lowest BCUT2D eigenvalue weighted by Gasteiger charge is -2.47. The van der Waals surface area contributed by atoms with Gasteiger partial charge in [-0.05, 0) is 33.6 Å². The van der Waals surface area contributed by atoms with Gasteiger partial charge >= 0.3 is 12.1 Å². The Labute approximate surface area is 112 Å². The molecule has 6 nitrogen and oxygen atoms in total. The van der Waals surface area contributed by atoms with Gasteiger partial charge in [-0.25, -0.2) is 4.79 Å². The maximum absolute atomic E-state index is 12.2. The van der Waals surface area contributed by atoms with E-state index in [4.69, 9.17) is 14.6 Å². The van der Waals surface area contributed by atoms with Gasteiger partial charge in [-0.3, -0.25) is 9.69 Å². The predicted molar refractivity (Wildman–Crippen MR) is 66.8 cm³/mol. The van der Waals surface area contributed by atoms with Crippen molar-refractivity contribution in [3.05, 3.63) is 0 Å². The van der Waals surface area contributed by atoms with Crippen LogP contribution in [0, 0.1) is 5.92 Å². The lowest BCUT2D eigenvalue weighted by molar-refractivity contribution is -0.150.